The van der Waals surface area contributed by atoms with Gasteiger partial charge in [0.05, 0.1) is 7.11 Å². The number of methoxy groups -OCH3 is 1. The van der Waals surface area contributed by atoms with Crippen molar-refractivity contribution in [1.29, 1.82) is 0 Å². The second-order valence-corrected chi connectivity index (χ2v) is 7.58. The first-order chi connectivity index (χ1) is 11.7. The first-order valence-corrected chi connectivity index (χ1v) is 9.41. The van der Waals surface area contributed by atoms with Crippen molar-refractivity contribution in [2.45, 2.75) is 56.9 Å². The predicted octanol–water partition coefficient (Wildman–Crippen LogP) is 3.48. The van der Waals surface area contributed by atoms with Gasteiger partial charge < -0.3 is 15.0 Å². The van der Waals surface area contributed by atoms with Crippen molar-refractivity contribution < 1.29 is 9.53 Å². The Kier molecular flexibility index (Phi) is 3.93. The van der Waals surface area contributed by atoms with Crippen molar-refractivity contribution in [1.82, 2.24) is 10.2 Å². The number of benzene rings is 1. The summed E-state index contributed by atoms with van der Waals surface area (Å²) in [6.07, 6.45) is 7.19. The van der Waals surface area contributed by atoms with E-state index in [1.165, 1.54) is 36.8 Å². The largest absolute Gasteiger partial charge is 0.497 e. The number of carbonyl (C=O) groups is 1. The number of fused-ring (bicyclic) bond motifs is 1. The van der Waals surface area contributed by atoms with Gasteiger partial charge in [0, 0.05) is 24.5 Å². The fraction of sp³-hybridized carbons (Fsp3) is 0.650. The number of piperidine rings is 1. The van der Waals surface area contributed by atoms with Crippen molar-refractivity contribution in [3.63, 3.8) is 0 Å². The second kappa shape index (κ2) is 5.98. The molecule has 4 rings (SSSR count). The highest BCUT2D eigenvalue weighted by Gasteiger charge is 2.54. The Morgan fingerprint density at radius 3 is 3.04 bits per heavy atom. The van der Waals surface area contributed by atoms with Crippen LogP contribution in [-0.4, -0.2) is 37.2 Å². The molecule has 2 amide bonds. The van der Waals surface area contributed by atoms with Gasteiger partial charge >= 0.3 is 6.03 Å². The zero-order chi connectivity index (χ0) is 16.7. The summed E-state index contributed by atoms with van der Waals surface area (Å²) in [5.41, 5.74) is 3.19. The average molecular weight is 328 g/mol. The number of hydrogen-bond donors (Lipinski definition) is 1. The maximum Gasteiger partial charge on any atom is 0.317 e. The molecular weight excluding hydrogens is 300 g/mol. The number of urea groups is 1. The molecule has 4 heteroatoms. The zero-order valence-corrected chi connectivity index (χ0v) is 14.8. The molecule has 130 valence electrons. The Bertz CT molecular complexity index is 645. The summed E-state index contributed by atoms with van der Waals surface area (Å²) in [6.45, 7) is 3.57. The van der Waals surface area contributed by atoms with Crippen LogP contribution in [0.1, 0.15) is 50.2 Å². The first-order valence-electron chi connectivity index (χ1n) is 9.41. The van der Waals surface area contributed by atoms with E-state index in [-0.39, 0.29) is 11.4 Å². The number of likely N-dealkylation sites (tertiary alicyclic amines) is 1. The van der Waals surface area contributed by atoms with Crippen LogP contribution in [-0.2, 0) is 11.8 Å². The SMILES string of the molecule is CCNC(=O)N1CC[C@]23CCCC[C@H]2[C@H]1Cc1ccc(OC)cc13. The van der Waals surface area contributed by atoms with E-state index in [1.54, 1.807) is 7.11 Å². The van der Waals surface area contributed by atoms with E-state index in [9.17, 15) is 4.79 Å². The van der Waals surface area contributed by atoms with Crippen LogP contribution in [0.3, 0.4) is 0 Å². The third-order valence-corrected chi connectivity index (χ3v) is 6.63. The van der Waals surface area contributed by atoms with E-state index in [2.05, 4.69) is 28.4 Å². The summed E-state index contributed by atoms with van der Waals surface area (Å²) >= 11 is 0. The molecule has 3 aliphatic rings. The maximum absolute atomic E-state index is 12.6. The van der Waals surface area contributed by atoms with Gasteiger partial charge in [-0.2, -0.15) is 0 Å². The summed E-state index contributed by atoms with van der Waals surface area (Å²) in [4.78, 5) is 14.7. The standard InChI is InChI=1S/C20H28N2O2/c1-3-21-19(23)22-11-10-20-9-5-4-6-16(20)18(22)12-14-7-8-15(24-2)13-17(14)20/h7-8,13,16,18H,3-6,9-12H2,1-2H3,(H,21,23)/t16-,18+,20+/m0/s1. The lowest BCUT2D eigenvalue weighted by Crippen LogP contribution is -2.63. The summed E-state index contributed by atoms with van der Waals surface area (Å²) in [7, 11) is 1.75. The summed E-state index contributed by atoms with van der Waals surface area (Å²) < 4.78 is 5.51. The molecule has 1 heterocycles. The molecule has 1 aliphatic heterocycles. The molecule has 0 unspecified atom stereocenters. The molecule has 1 aromatic carbocycles. The van der Waals surface area contributed by atoms with Crippen LogP contribution in [0.15, 0.2) is 18.2 Å². The second-order valence-electron chi connectivity index (χ2n) is 7.58. The van der Waals surface area contributed by atoms with Crippen molar-refractivity contribution in [2.24, 2.45) is 5.92 Å². The minimum atomic E-state index is 0.124. The molecule has 4 nitrogen and oxygen atoms in total. The summed E-state index contributed by atoms with van der Waals surface area (Å²) in [5, 5.41) is 3.02. The van der Waals surface area contributed by atoms with Gasteiger partial charge in [-0.25, -0.2) is 4.79 Å². The Hall–Kier alpha value is -1.71. The van der Waals surface area contributed by atoms with Crippen LogP contribution in [0.5, 0.6) is 5.75 Å². The molecule has 0 aromatic heterocycles. The molecule has 1 N–H and O–H groups in total. The maximum atomic E-state index is 12.6. The number of hydrogen-bond acceptors (Lipinski definition) is 2. The molecule has 1 saturated heterocycles. The highest BCUT2D eigenvalue weighted by molar-refractivity contribution is 5.75. The average Bonchev–Trinajstić information content (AvgIpc) is 2.61. The number of ether oxygens (including phenoxy) is 1. The number of carbonyl (C=O) groups excluding carboxylic acids is 1. The topological polar surface area (TPSA) is 41.6 Å². The van der Waals surface area contributed by atoms with Crippen LogP contribution in [0.25, 0.3) is 0 Å². The first kappa shape index (κ1) is 15.8. The normalized spacial score (nSPS) is 31.0. The summed E-state index contributed by atoms with van der Waals surface area (Å²) in [6, 6.07) is 7.07. The van der Waals surface area contributed by atoms with Gasteiger partial charge in [0.1, 0.15) is 5.75 Å². The lowest BCUT2D eigenvalue weighted by Gasteiger charge is -2.58. The van der Waals surface area contributed by atoms with Crippen LogP contribution in [0.4, 0.5) is 4.79 Å². The minimum Gasteiger partial charge on any atom is -0.497 e. The van der Waals surface area contributed by atoms with Crippen LogP contribution in [0, 0.1) is 5.92 Å². The van der Waals surface area contributed by atoms with Gasteiger partial charge in [0.25, 0.3) is 0 Å². The van der Waals surface area contributed by atoms with Crippen LogP contribution >= 0.6 is 0 Å². The van der Waals surface area contributed by atoms with Gasteiger partial charge in [-0.3, -0.25) is 0 Å². The van der Waals surface area contributed by atoms with Crippen molar-refractivity contribution in [2.75, 3.05) is 20.2 Å². The molecule has 2 aliphatic carbocycles. The monoisotopic (exact) mass is 328 g/mol. The summed E-state index contributed by atoms with van der Waals surface area (Å²) in [5.74, 6) is 1.57. The van der Waals surface area contributed by atoms with E-state index >= 15 is 0 Å². The minimum absolute atomic E-state index is 0.124. The van der Waals surface area contributed by atoms with Crippen molar-refractivity contribution >= 4 is 6.03 Å². The number of nitrogens with zero attached hydrogens (tertiary/aromatic N) is 1. The Morgan fingerprint density at radius 1 is 1.38 bits per heavy atom. The zero-order valence-electron chi connectivity index (χ0n) is 14.8. The van der Waals surface area contributed by atoms with Crippen LogP contribution in [0.2, 0.25) is 0 Å². The lowest BCUT2D eigenvalue weighted by atomic mass is 9.52. The Morgan fingerprint density at radius 2 is 2.25 bits per heavy atom. The van der Waals surface area contributed by atoms with E-state index in [0.29, 0.717) is 18.5 Å². The van der Waals surface area contributed by atoms with E-state index in [0.717, 1.165) is 25.1 Å². The number of nitrogens with one attached hydrogen (secondary N) is 1. The van der Waals surface area contributed by atoms with Gasteiger partial charge in [-0.05, 0) is 61.8 Å². The molecular formula is C20H28N2O2. The fourth-order valence-electron chi connectivity index (χ4n) is 5.62. The molecule has 1 aromatic rings. The quantitative estimate of drug-likeness (QED) is 0.903. The molecule has 24 heavy (non-hydrogen) atoms. The third kappa shape index (κ3) is 2.22. The lowest BCUT2D eigenvalue weighted by molar-refractivity contribution is 0.0101. The van der Waals surface area contributed by atoms with Crippen molar-refractivity contribution in [3.05, 3.63) is 29.3 Å². The van der Waals surface area contributed by atoms with Gasteiger partial charge in [-0.1, -0.05) is 18.9 Å². The molecule has 1 saturated carbocycles. The number of amides is 2. The molecule has 0 spiro atoms. The number of rotatable bonds is 2. The Balaban J connectivity index is 1.77. The molecule has 2 fully saturated rings. The predicted molar refractivity (Wildman–Crippen MR) is 94.5 cm³/mol. The van der Waals surface area contributed by atoms with Gasteiger partial charge in [0.15, 0.2) is 0 Å². The smallest absolute Gasteiger partial charge is 0.317 e. The van der Waals surface area contributed by atoms with Crippen LogP contribution < -0.4 is 10.1 Å². The van der Waals surface area contributed by atoms with Crippen molar-refractivity contribution in [3.8, 4) is 5.75 Å². The Labute approximate surface area is 144 Å². The van der Waals surface area contributed by atoms with E-state index < -0.39 is 0 Å². The van der Waals surface area contributed by atoms with Gasteiger partial charge in [0.2, 0.25) is 0 Å². The third-order valence-electron chi connectivity index (χ3n) is 6.63. The molecule has 2 bridgehead atoms. The highest BCUT2D eigenvalue weighted by atomic mass is 16.5. The molecule has 3 atom stereocenters. The fourth-order valence-corrected chi connectivity index (χ4v) is 5.62. The van der Waals surface area contributed by atoms with E-state index in [1.807, 2.05) is 6.92 Å². The highest BCUT2D eigenvalue weighted by Crippen LogP contribution is 2.56. The molecule has 0 radical (unpaired) electrons. The van der Waals surface area contributed by atoms with E-state index in [4.69, 9.17) is 4.74 Å². The van der Waals surface area contributed by atoms with Gasteiger partial charge in [-0.15, -0.1) is 0 Å².